The third-order valence-corrected chi connectivity index (χ3v) is 5.59. The maximum Gasteiger partial charge on any atom is 0.220 e. The number of hydrogen-bond acceptors (Lipinski definition) is 5. The van der Waals surface area contributed by atoms with Crippen molar-refractivity contribution in [3.8, 4) is 0 Å². The van der Waals surface area contributed by atoms with E-state index in [1.165, 1.54) is 12.8 Å². The highest BCUT2D eigenvalue weighted by molar-refractivity contribution is 5.83. The molecule has 2 fully saturated rings. The van der Waals surface area contributed by atoms with Gasteiger partial charge in [-0.1, -0.05) is 12.8 Å². The van der Waals surface area contributed by atoms with Crippen LogP contribution in [0.15, 0.2) is 12.7 Å². The molecule has 0 spiro atoms. The van der Waals surface area contributed by atoms with Crippen LogP contribution in [0.3, 0.4) is 0 Å². The molecule has 2 aromatic rings. The molecule has 4 rings (SSSR count). The molecule has 1 N–H and O–H groups in total. The van der Waals surface area contributed by atoms with Crippen LogP contribution in [0, 0.1) is 5.92 Å². The number of amides is 1. The highest BCUT2D eigenvalue weighted by Gasteiger charge is 2.25. The minimum absolute atomic E-state index is 0.236. The first-order valence-corrected chi connectivity index (χ1v) is 9.37. The van der Waals surface area contributed by atoms with Gasteiger partial charge in [0.15, 0.2) is 17.0 Å². The molecule has 1 aliphatic heterocycles. The summed E-state index contributed by atoms with van der Waals surface area (Å²) in [5.41, 5.74) is 1.73. The Labute approximate surface area is 147 Å². The van der Waals surface area contributed by atoms with E-state index in [-0.39, 0.29) is 5.91 Å². The van der Waals surface area contributed by atoms with Crippen molar-refractivity contribution in [1.82, 2.24) is 24.8 Å². The van der Waals surface area contributed by atoms with Crippen molar-refractivity contribution in [2.24, 2.45) is 13.0 Å². The van der Waals surface area contributed by atoms with Gasteiger partial charge in [-0.25, -0.2) is 15.0 Å². The van der Waals surface area contributed by atoms with Gasteiger partial charge < -0.3 is 14.8 Å². The third-order valence-electron chi connectivity index (χ3n) is 5.59. The van der Waals surface area contributed by atoms with Gasteiger partial charge in [0.05, 0.1) is 6.33 Å². The molecule has 2 aliphatic rings. The minimum atomic E-state index is 0.236. The molecule has 1 aliphatic carbocycles. The third kappa shape index (κ3) is 3.45. The summed E-state index contributed by atoms with van der Waals surface area (Å²) in [6.45, 7) is 1.84. The monoisotopic (exact) mass is 342 g/mol. The lowest BCUT2D eigenvalue weighted by atomic mass is 9.93. The second-order valence-electron chi connectivity index (χ2n) is 7.41. The average Bonchev–Trinajstić information content (AvgIpc) is 3.26. The first-order chi connectivity index (χ1) is 12.2. The van der Waals surface area contributed by atoms with E-state index in [9.17, 15) is 4.79 Å². The number of nitrogens with zero attached hydrogens (tertiary/aromatic N) is 5. The van der Waals surface area contributed by atoms with Gasteiger partial charge in [-0.3, -0.25) is 4.79 Å². The number of carbonyl (C=O) groups is 1. The summed E-state index contributed by atoms with van der Waals surface area (Å²) < 4.78 is 1.92. The molecule has 1 amide bonds. The molecule has 1 saturated carbocycles. The Morgan fingerprint density at radius 2 is 1.92 bits per heavy atom. The Morgan fingerprint density at radius 1 is 1.16 bits per heavy atom. The first-order valence-electron chi connectivity index (χ1n) is 9.37. The molecule has 0 atom stereocenters. The average molecular weight is 342 g/mol. The Kier molecular flexibility index (Phi) is 4.55. The molecule has 25 heavy (non-hydrogen) atoms. The van der Waals surface area contributed by atoms with Gasteiger partial charge >= 0.3 is 0 Å². The number of aryl methyl sites for hydroxylation is 1. The molecule has 0 radical (unpaired) electrons. The van der Waals surface area contributed by atoms with Crippen molar-refractivity contribution in [3.63, 3.8) is 0 Å². The van der Waals surface area contributed by atoms with Crippen LogP contribution >= 0.6 is 0 Å². The van der Waals surface area contributed by atoms with E-state index in [2.05, 4.69) is 25.2 Å². The first kappa shape index (κ1) is 16.3. The number of carbonyl (C=O) groups excluding carboxylic acids is 1. The number of piperidine rings is 1. The van der Waals surface area contributed by atoms with Crippen molar-refractivity contribution in [2.75, 3.05) is 18.0 Å². The summed E-state index contributed by atoms with van der Waals surface area (Å²) >= 11 is 0. The van der Waals surface area contributed by atoms with Crippen LogP contribution in [0.4, 0.5) is 5.82 Å². The molecule has 2 aromatic heterocycles. The quantitative estimate of drug-likeness (QED) is 0.920. The SMILES string of the molecule is Cn1cnc2c(N3CCC(CC(=O)NC4CCCC4)CC3)ncnc21. The number of fused-ring (bicyclic) bond motifs is 1. The largest absolute Gasteiger partial charge is 0.355 e. The fourth-order valence-corrected chi connectivity index (χ4v) is 4.13. The summed E-state index contributed by atoms with van der Waals surface area (Å²) in [7, 11) is 1.95. The fraction of sp³-hybridized carbons (Fsp3) is 0.667. The summed E-state index contributed by atoms with van der Waals surface area (Å²) in [4.78, 5) is 27.7. The number of rotatable bonds is 4. The Balaban J connectivity index is 1.34. The molecule has 7 nitrogen and oxygen atoms in total. The van der Waals surface area contributed by atoms with Gasteiger partial charge in [-0.2, -0.15) is 0 Å². The highest BCUT2D eigenvalue weighted by atomic mass is 16.1. The van der Waals surface area contributed by atoms with Crippen molar-refractivity contribution in [1.29, 1.82) is 0 Å². The molecule has 0 unspecified atom stereocenters. The molecule has 3 heterocycles. The van der Waals surface area contributed by atoms with Crippen molar-refractivity contribution < 1.29 is 4.79 Å². The second kappa shape index (κ2) is 6.98. The van der Waals surface area contributed by atoms with Crippen LogP contribution in [0.1, 0.15) is 44.9 Å². The Morgan fingerprint density at radius 3 is 2.68 bits per heavy atom. The van der Waals surface area contributed by atoms with Gasteiger partial charge in [0.25, 0.3) is 0 Å². The number of nitrogens with one attached hydrogen (secondary N) is 1. The maximum absolute atomic E-state index is 12.2. The standard InChI is InChI=1S/C18H26N6O/c1-23-12-21-16-17(23)19-11-20-18(16)24-8-6-13(7-9-24)10-15(25)22-14-4-2-3-5-14/h11-14H,2-10H2,1H3,(H,22,25). The predicted octanol–water partition coefficient (Wildman–Crippen LogP) is 2.03. The lowest BCUT2D eigenvalue weighted by Crippen LogP contribution is -2.38. The highest BCUT2D eigenvalue weighted by Crippen LogP contribution is 2.28. The van der Waals surface area contributed by atoms with Crippen LogP contribution in [0.5, 0.6) is 0 Å². The van der Waals surface area contributed by atoms with Crippen LogP contribution in [-0.2, 0) is 11.8 Å². The van der Waals surface area contributed by atoms with Gasteiger partial charge in [0.2, 0.25) is 5.91 Å². The zero-order valence-corrected chi connectivity index (χ0v) is 14.8. The van der Waals surface area contributed by atoms with Crippen molar-refractivity contribution in [3.05, 3.63) is 12.7 Å². The van der Waals surface area contributed by atoms with Crippen molar-refractivity contribution in [2.45, 2.75) is 51.0 Å². The molecule has 0 bridgehead atoms. The van der Waals surface area contributed by atoms with Crippen LogP contribution in [0.2, 0.25) is 0 Å². The summed E-state index contributed by atoms with van der Waals surface area (Å²) in [5.74, 6) is 1.62. The van der Waals surface area contributed by atoms with E-state index in [0.717, 1.165) is 55.8 Å². The lowest BCUT2D eigenvalue weighted by Gasteiger charge is -2.32. The predicted molar refractivity (Wildman–Crippen MR) is 96.3 cm³/mol. The molecular formula is C18H26N6O. The van der Waals surface area contributed by atoms with E-state index >= 15 is 0 Å². The summed E-state index contributed by atoms with van der Waals surface area (Å²) in [5, 5.41) is 3.21. The zero-order chi connectivity index (χ0) is 17.2. The van der Waals surface area contributed by atoms with Gasteiger partial charge in [-0.05, 0) is 31.6 Å². The topological polar surface area (TPSA) is 75.9 Å². The van der Waals surface area contributed by atoms with E-state index in [1.54, 1.807) is 12.7 Å². The van der Waals surface area contributed by atoms with E-state index in [1.807, 2.05) is 11.6 Å². The molecule has 7 heteroatoms. The zero-order valence-electron chi connectivity index (χ0n) is 14.8. The Bertz CT molecular complexity index is 743. The number of anilines is 1. The lowest BCUT2D eigenvalue weighted by molar-refractivity contribution is -0.122. The van der Waals surface area contributed by atoms with E-state index < -0.39 is 0 Å². The normalized spacial score (nSPS) is 19.6. The smallest absolute Gasteiger partial charge is 0.220 e. The number of aromatic nitrogens is 4. The van der Waals surface area contributed by atoms with Crippen LogP contribution in [-0.4, -0.2) is 44.6 Å². The van der Waals surface area contributed by atoms with Crippen LogP contribution < -0.4 is 10.2 Å². The molecule has 1 saturated heterocycles. The van der Waals surface area contributed by atoms with Gasteiger partial charge in [0, 0.05) is 32.6 Å². The molecule has 134 valence electrons. The fourth-order valence-electron chi connectivity index (χ4n) is 4.13. The van der Waals surface area contributed by atoms with E-state index in [4.69, 9.17) is 0 Å². The summed E-state index contributed by atoms with van der Waals surface area (Å²) in [6, 6.07) is 0.422. The summed E-state index contributed by atoms with van der Waals surface area (Å²) in [6.07, 6.45) is 10.9. The van der Waals surface area contributed by atoms with Crippen molar-refractivity contribution >= 4 is 22.9 Å². The minimum Gasteiger partial charge on any atom is -0.355 e. The number of hydrogen-bond donors (Lipinski definition) is 1. The molecule has 0 aromatic carbocycles. The van der Waals surface area contributed by atoms with Gasteiger partial charge in [-0.15, -0.1) is 0 Å². The number of imidazole rings is 1. The Hall–Kier alpha value is -2.18. The van der Waals surface area contributed by atoms with Crippen LogP contribution in [0.25, 0.3) is 11.2 Å². The van der Waals surface area contributed by atoms with Gasteiger partial charge in [0.1, 0.15) is 6.33 Å². The second-order valence-corrected chi connectivity index (χ2v) is 7.41. The molecular weight excluding hydrogens is 316 g/mol. The maximum atomic E-state index is 12.2. The van der Waals surface area contributed by atoms with E-state index in [0.29, 0.717) is 18.4 Å².